The Labute approximate surface area is 198 Å². The van der Waals surface area contributed by atoms with E-state index in [1.807, 2.05) is 6.07 Å². The van der Waals surface area contributed by atoms with Crippen molar-refractivity contribution < 1.29 is 18.9 Å². The van der Waals surface area contributed by atoms with Crippen molar-refractivity contribution in [3.8, 4) is 11.5 Å². The summed E-state index contributed by atoms with van der Waals surface area (Å²) in [5.41, 5.74) is 1.57. The first-order valence-electron chi connectivity index (χ1n) is 9.87. The number of ether oxygens (including phenoxy) is 4. The van der Waals surface area contributed by atoms with Crippen molar-refractivity contribution in [1.82, 2.24) is 0 Å². The molecule has 1 rings (SSSR count). The molecule has 0 spiro atoms. The van der Waals surface area contributed by atoms with Gasteiger partial charge in [-0.15, -0.1) is 0 Å². The molecule has 0 radical (unpaired) electrons. The van der Waals surface area contributed by atoms with Crippen LogP contribution in [0.25, 0.3) is 0 Å². The molecule has 0 aliphatic rings. The molecule has 0 saturated carbocycles. The van der Waals surface area contributed by atoms with Crippen LogP contribution < -0.4 is 9.47 Å². The second kappa shape index (κ2) is 13.5. The zero-order valence-corrected chi connectivity index (χ0v) is 22.3. The molecule has 0 atom stereocenters. The summed E-state index contributed by atoms with van der Waals surface area (Å²) in [5.74, 6) is 1.55. The van der Waals surface area contributed by atoms with E-state index in [0.717, 1.165) is 40.0 Å². The zero-order chi connectivity index (χ0) is 21.0. The Morgan fingerprint density at radius 1 is 0.714 bits per heavy atom. The van der Waals surface area contributed by atoms with Crippen molar-refractivity contribution in [2.45, 2.75) is 46.5 Å². The minimum Gasteiger partial charge on any atom is -0.487 e. The summed E-state index contributed by atoms with van der Waals surface area (Å²) in [5, 5.41) is 0. The molecule has 6 heteroatoms. The Balaban J connectivity index is 2.86. The second-order valence-electron chi connectivity index (χ2n) is 8.58. The largest absolute Gasteiger partial charge is 0.487 e. The van der Waals surface area contributed by atoms with Crippen molar-refractivity contribution in [3.05, 3.63) is 23.8 Å². The van der Waals surface area contributed by atoms with Gasteiger partial charge in [0.05, 0.1) is 26.4 Å². The van der Waals surface area contributed by atoms with Gasteiger partial charge >= 0.3 is 0 Å². The van der Waals surface area contributed by atoms with E-state index in [1.54, 1.807) is 0 Å². The van der Waals surface area contributed by atoms with Gasteiger partial charge in [0, 0.05) is 8.86 Å². The normalized spacial score (nSPS) is 12.2. The van der Waals surface area contributed by atoms with Gasteiger partial charge in [0.25, 0.3) is 0 Å². The van der Waals surface area contributed by atoms with E-state index < -0.39 is 0 Å². The van der Waals surface area contributed by atoms with E-state index in [9.17, 15) is 0 Å². The predicted molar refractivity (Wildman–Crippen MR) is 134 cm³/mol. The van der Waals surface area contributed by atoms with Gasteiger partial charge in [-0.25, -0.2) is 0 Å². The van der Waals surface area contributed by atoms with E-state index in [2.05, 4.69) is 91.9 Å². The van der Waals surface area contributed by atoms with Crippen molar-refractivity contribution in [1.29, 1.82) is 0 Å². The summed E-state index contributed by atoms with van der Waals surface area (Å²) in [6.07, 6.45) is 1.09. The van der Waals surface area contributed by atoms with E-state index >= 15 is 0 Å². The Bertz CT molecular complexity index is 556. The molecule has 0 bridgehead atoms. The predicted octanol–water partition coefficient (Wildman–Crippen LogP) is 6.06. The topological polar surface area (TPSA) is 36.9 Å². The van der Waals surface area contributed by atoms with Gasteiger partial charge < -0.3 is 18.9 Å². The maximum absolute atomic E-state index is 6.03. The quantitative estimate of drug-likeness (QED) is 0.144. The molecule has 0 saturated heterocycles. The Kier molecular flexibility index (Phi) is 12.6. The number of benzene rings is 1. The molecule has 1 aromatic rings. The van der Waals surface area contributed by atoms with Gasteiger partial charge in [-0.3, -0.25) is 0 Å². The maximum atomic E-state index is 6.03. The molecule has 28 heavy (non-hydrogen) atoms. The number of alkyl halides is 2. The minimum atomic E-state index is 0.0516. The molecule has 0 N–H and O–H groups in total. The molecule has 0 unspecified atom stereocenters. The molecule has 0 amide bonds. The van der Waals surface area contributed by atoms with Crippen molar-refractivity contribution >= 4 is 45.2 Å². The van der Waals surface area contributed by atoms with E-state index in [1.165, 1.54) is 5.56 Å². The highest BCUT2D eigenvalue weighted by atomic mass is 127. The molecule has 0 fully saturated rings. The van der Waals surface area contributed by atoms with Crippen molar-refractivity contribution in [2.24, 2.45) is 5.41 Å². The average Bonchev–Trinajstić information content (AvgIpc) is 2.60. The van der Waals surface area contributed by atoms with Gasteiger partial charge in [-0.05, 0) is 34.9 Å². The van der Waals surface area contributed by atoms with Crippen molar-refractivity contribution in [3.63, 3.8) is 0 Å². The molecule has 4 nitrogen and oxygen atoms in total. The fourth-order valence-electron chi connectivity index (χ4n) is 3.32. The molecular weight excluding hydrogens is 582 g/mol. The third-order valence-corrected chi connectivity index (χ3v) is 4.99. The van der Waals surface area contributed by atoms with Crippen molar-refractivity contribution in [2.75, 3.05) is 48.5 Å². The lowest BCUT2D eigenvalue weighted by atomic mass is 9.72. The van der Waals surface area contributed by atoms with Crippen LogP contribution in [0.3, 0.4) is 0 Å². The van der Waals surface area contributed by atoms with Crippen LogP contribution in [-0.4, -0.2) is 48.5 Å². The molecule has 0 aromatic heterocycles. The van der Waals surface area contributed by atoms with Gasteiger partial charge in [0.1, 0.15) is 13.2 Å². The van der Waals surface area contributed by atoms with Crippen LogP contribution >= 0.6 is 45.2 Å². The van der Waals surface area contributed by atoms with Gasteiger partial charge in [-0.1, -0.05) is 85.9 Å². The first-order valence-corrected chi connectivity index (χ1v) is 12.9. The van der Waals surface area contributed by atoms with Crippen LogP contribution in [0, 0.1) is 5.41 Å². The SMILES string of the molecule is CC(C)(C)CC(C)(C)c1ccc(OCCOCCI)c(OCCOCCI)c1. The van der Waals surface area contributed by atoms with Crippen LogP contribution in [0.1, 0.15) is 46.6 Å². The number of halogens is 2. The third kappa shape index (κ3) is 10.8. The summed E-state index contributed by atoms with van der Waals surface area (Å²) < 4.78 is 25.0. The Hall–Kier alpha value is 0.200. The first-order chi connectivity index (χ1) is 13.2. The van der Waals surface area contributed by atoms with Crippen LogP contribution in [-0.2, 0) is 14.9 Å². The van der Waals surface area contributed by atoms with E-state index in [0.29, 0.717) is 26.4 Å². The van der Waals surface area contributed by atoms with E-state index in [4.69, 9.17) is 18.9 Å². The average molecular weight is 618 g/mol. The van der Waals surface area contributed by atoms with Crippen LogP contribution in [0.4, 0.5) is 0 Å². The Morgan fingerprint density at radius 2 is 1.25 bits per heavy atom. The Morgan fingerprint density at radius 3 is 1.75 bits per heavy atom. The summed E-state index contributed by atoms with van der Waals surface area (Å²) in [6, 6.07) is 6.32. The minimum absolute atomic E-state index is 0.0516. The summed E-state index contributed by atoms with van der Waals surface area (Å²) in [6.45, 7) is 15.1. The maximum Gasteiger partial charge on any atom is 0.161 e. The van der Waals surface area contributed by atoms with Crippen LogP contribution in [0.15, 0.2) is 18.2 Å². The first kappa shape index (κ1) is 26.2. The standard InChI is InChI=1S/C22H36I2O4/c1-21(2,3)17-22(4,5)18-6-7-19(27-14-12-25-10-8-23)20(16-18)28-15-13-26-11-9-24/h6-7,16H,8-15,17H2,1-5H3. The molecule has 162 valence electrons. The summed E-state index contributed by atoms with van der Waals surface area (Å²) in [4.78, 5) is 0. The molecule has 0 aliphatic carbocycles. The van der Waals surface area contributed by atoms with Gasteiger partial charge in [0.2, 0.25) is 0 Å². The summed E-state index contributed by atoms with van der Waals surface area (Å²) >= 11 is 4.61. The lowest BCUT2D eigenvalue weighted by Crippen LogP contribution is -2.25. The molecular formula is C22H36I2O4. The molecule has 0 aliphatic heterocycles. The van der Waals surface area contributed by atoms with Gasteiger partial charge in [0.15, 0.2) is 11.5 Å². The second-order valence-corrected chi connectivity index (χ2v) is 10.7. The summed E-state index contributed by atoms with van der Waals surface area (Å²) in [7, 11) is 0. The van der Waals surface area contributed by atoms with E-state index in [-0.39, 0.29) is 10.8 Å². The van der Waals surface area contributed by atoms with Crippen LogP contribution in [0.2, 0.25) is 0 Å². The highest BCUT2D eigenvalue weighted by Crippen LogP contribution is 2.39. The molecule has 1 aromatic carbocycles. The third-order valence-electron chi connectivity index (χ3n) is 4.11. The smallest absolute Gasteiger partial charge is 0.161 e. The highest BCUT2D eigenvalue weighted by Gasteiger charge is 2.28. The van der Waals surface area contributed by atoms with Gasteiger partial charge in [-0.2, -0.15) is 0 Å². The molecule has 0 heterocycles. The lowest BCUT2D eigenvalue weighted by Gasteiger charge is -2.33. The fraction of sp³-hybridized carbons (Fsp3) is 0.727. The number of hydrogen-bond acceptors (Lipinski definition) is 4. The fourth-order valence-corrected chi connectivity index (χ4v) is 3.95. The zero-order valence-electron chi connectivity index (χ0n) is 18.0. The van der Waals surface area contributed by atoms with Crippen LogP contribution in [0.5, 0.6) is 11.5 Å². The highest BCUT2D eigenvalue weighted by molar-refractivity contribution is 14.1. The lowest BCUT2D eigenvalue weighted by molar-refractivity contribution is 0.102. The number of hydrogen-bond donors (Lipinski definition) is 0. The number of rotatable bonds is 14. The monoisotopic (exact) mass is 618 g/mol.